The molecule has 0 aliphatic carbocycles. The summed E-state index contributed by atoms with van der Waals surface area (Å²) in [5.74, 6) is -0.135. The van der Waals surface area contributed by atoms with Crippen LogP contribution < -0.4 is 10.9 Å². The van der Waals surface area contributed by atoms with Crippen LogP contribution in [-0.2, 0) is 6.54 Å². The van der Waals surface area contributed by atoms with Crippen molar-refractivity contribution in [2.24, 2.45) is 0 Å². The molecule has 0 unspecified atom stereocenters. The van der Waals surface area contributed by atoms with E-state index >= 15 is 0 Å². The highest BCUT2D eigenvalue weighted by atomic mass is 16.2. The Balaban J connectivity index is 1.96. The van der Waals surface area contributed by atoms with Gasteiger partial charge in [0.1, 0.15) is 0 Å². The standard InChI is InChI=1S/C15H17N3O2/c1-11-5-3-4-6-13(11)15(20)16-9-10-18-14(19)8-7-12(2)17-18/h3-8H,9-10H2,1-2H3,(H,16,20). The minimum Gasteiger partial charge on any atom is -0.350 e. The molecule has 2 rings (SSSR count). The number of aromatic nitrogens is 2. The lowest BCUT2D eigenvalue weighted by Crippen LogP contribution is -2.32. The molecule has 0 aliphatic rings. The summed E-state index contributed by atoms with van der Waals surface area (Å²) in [6.45, 7) is 4.44. The normalized spacial score (nSPS) is 10.3. The molecule has 0 spiro atoms. The number of aryl methyl sites for hydroxylation is 2. The molecule has 1 heterocycles. The van der Waals surface area contributed by atoms with Crippen molar-refractivity contribution in [3.8, 4) is 0 Å². The molecule has 104 valence electrons. The number of nitrogens with zero attached hydrogens (tertiary/aromatic N) is 2. The molecular weight excluding hydrogens is 254 g/mol. The van der Waals surface area contributed by atoms with Crippen LogP contribution in [-0.4, -0.2) is 22.2 Å². The number of amides is 1. The van der Waals surface area contributed by atoms with E-state index in [2.05, 4.69) is 10.4 Å². The third-order valence-corrected chi connectivity index (χ3v) is 3.00. The first-order chi connectivity index (χ1) is 9.58. The zero-order valence-corrected chi connectivity index (χ0v) is 11.6. The van der Waals surface area contributed by atoms with E-state index in [1.54, 1.807) is 12.1 Å². The monoisotopic (exact) mass is 271 g/mol. The zero-order chi connectivity index (χ0) is 14.5. The molecule has 1 aromatic carbocycles. The van der Waals surface area contributed by atoms with Gasteiger partial charge in [0.05, 0.1) is 12.2 Å². The highest BCUT2D eigenvalue weighted by molar-refractivity contribution is 5.95. The van der Waals surface area contributed by atoms with Crippen molar-refractivity contribution in [1.82, 2.24) is 15.1 Å². The number of carbonyl (C=O) groups excluding carboxylic acids is 1. The SMILES string of the molecule is Cc1ccc(=O)n(CCNC(=O)c2ccccc2C)n1. The van der Waals surface area contributed by atoms with E-state index in [-0.39, 0.29) is 11.5 Å². The molecule has 0 aliphatic heterocycles. The highest BCUT2D eigenvalue weighted by Crippen LogP contribution is 2.06. The first-order valence-electron chi connectivity index (χ1n) is 6.46. The van der Waals surface area contributed by atoms with Gasteiger partial charge in [-0.25, -0.2) is 4.68 Å². The Kier molecular flexibility index (Phi) is 4.30. The summed E-state index contributed by atoms with van der Waals surface area (Å²) in [5, 5.41) is 6.91. The van der Waals surface area contributed by atoms with Crippen LogP contribution in [0.15, 0.2) is 41.2 Å². The highest BCUT2D eigenvalue weighted by Gasteiger charge is 2.07. The molecule has 0 radical (unpaired) electrons. The van der Waals surface area contributed by atoms with Crippen molar-refractivity contribution in [1.29, 1.82) is 0 Å². The first kappa shape index (κ1) is 14.0. The Bertz CT molecular complexity index is 677. The van der Waals surface area contributed by atoms with E-state index in [4.69, 9.17) is 0 Å². The molecule has 0 fully saturated rings. The van der Waals surface area contributed by atoms with Crippen LogP contribution in [0.3, 0.4) is 0 Å². The molecule has 0 bridgehead atoms. The number of hydrogen-bond acceptors (Lipinski definition) is 3. The summed E-state index contributed by atoms with van der Waals surface area (Å²) in [4.78, 5) is 23.5. The van der Waals surface area contributed by atoms with Crippen LogP contribution >= 0.6 is 0 Å². The van der Waals surface area contributed by atoms with Crippen LogP contribution in [0.4, 0.5) is 0 Å². The summed E-state index contributed by atoms with van der Waals surface area (Å²) >= 11 is 0. The fraction of sp³-hybridized carbons (Fsp3) is 0.267. The summed E-state index contributed by atoms with van der Waals surface area (Å²) < 4.78 is 1.35. The maximum atomic E-state index is 12.0. The molecular formula is C15H17N3O2. The molecule has 1 aromatic heterocycles. The van der Waals surface area contributed by atoms with Gasteiger partial charge in [-0.1, -0.05) is 18.2 Å². The summed E-state index contributed by atoms with van der Waals surface area (Å²) in [7, 11) is 0. The van der Waals surface area contributed by atoms with E-state index in [0.717, 1.165) is 11.3 Å². The third-order valence-electron chi connectivity index (χ3n) is 3.00. The van der Waals surface area contributed by atoms with Crippen molar-refractivity contribution in [3.63, 3.8) is 0 Å². The second-order valence-corrected chi connectivity index (χ2v) is 4.61. The van der Waals surface area contributed by atoms with Gasteiger partial charge in [-0.05, 0) is 31.5 Å². The predicted molar refractivity (Wildman–Crippen MR) is 76.7 cm³/mol. The zero-order valence-electron chi connectivity index (χ0n) is 11.6. The van der Waals surface area contributed by atoms with Crippen molar-refractivity contribution in [2.45, 2.75) is 20.4 Å². The number of rotatable bonds is 4. The molecule has 1 amide bonds. The molecule has 1 N–H and O–H groups in total. The quantitative estimate of drug-likeness (QED) is 0.911. The summed E-state index contributed by atoms with van der Waals surface area (Å²) in [5.41, 5.74) is 2.18. The predicted octanol–water partition coefficient (Wildman–Crippen LogP) is 1.29. The van der Waals surface area contributed by atoms with Crippen LogP contribution in [0.5, 0.6) is 0 Å². The second kappa shape index (κ2) is 6.14. The van der Waals surface area contributed by atoms with Crippen LogP contribution in [0, 0.1) is 13.8 Å². The van der Waals surface area contributed by atoms with Crippen molar-refractivity contribution in [3.05, 3.63) is 63.6 Å². The lowest BCUT2D eigenvalue weighted by Gasteiger charge is -2.08. The Hall–Kier alpha value is -2.43. The number of carbonyl (C=O) groups is 1. The topological polar surface area (TPSA) is 64.0 Å². The average molecular weight is 271 g/mol. The Labute approximate surface area is 117 Å². The van der Waals surface area contributed by atoms with E-state index in [1.807, 2.05) is 32.0 Å². The van der Waals surface area contributed by atoms with E-state index in [9.17, 15) is 9.59 Å². The smallest absolute Gasteiger partial charge is 0.266 e. The Morgan fingerprint density at radius 3 is 2.70 bits per heavy atom. The largest absolute Gasteiger partial charge is 0.350 e. The van der Waals surface area contributed by atoms with Crippen LogP contribution in [0.2, 0.25) is 0 Å². The summed E-state index contributed by atoms with van der Waals surface area (Å²) in [6.07, 6.45) is 0. The fourth-order valence-electron chi connectivity index (χ4n) is 1.91. The lowest BCUT2D eigenvalue weighted by atomic mass is 10.1. The maximum Gasteiger partial charge on any atom is 0.266 e. The van der Waals surface area contributed by atoms with E-state index in [1.165, 1.54) is 10.7 Å². The molecule has 0 saturated carbocycles. The van der Waals surface area contributed by atoms with Gasteiger partial charge >= 0.3 is 0 Å². The van der Waals surface area contributed by atoms with Gasteiger partial charge in [0, 0.05) is 18.2 Å². The number of nitrogens with one attached hydrogen (secondary N) is 1. The summed E-state index contributed by atoms with van der Waals surface area (Å²) in [6, 6.07) is 10.5. The van der Waals surface area contributed by atoms with Gasteiger partial charge in [0.2, 0.25) is 0 Å². The minimum atomic E-state index is -0.166. The van der Waals surface area contributed by atoms with E-state index < -0.39 is 0 Å². The van der Waals surface area contributed by atoms with Crippen LogP contribution in [0.25, 0.3) is 0 Å². The third kappa shape index (κ3) is 3.32. The van der Waals surface area contributed by atoms with Gasteiger partial charge in [0.15, 0.2) is 0 Å². The van der Waals surface area contributed by atoms with Gasteiger partial charge < -0.3 is 5.32 Å². The minimum absolute atomic E-state index is 0.135. The van der Waals surface area contributed by atoms with Crippen LogP contribution in [0.1, 0.15) is 21.6 Å². The first-order valence-corrected chi connectivity index (χ1v) is 6.46. The fourth-order valence-corrected chi connectivity index (χ4v) is 1.91. The average Bonchev–Trinajstić information content (AvgIpc) is 2.43. The van der Waals surface area contributed by atoms with Crippen molar-refractivity contribution >= 4 is 5.91 Å². The second-order valence-electron chi connectivity index (χ2n) is 4.61. The van der Waals surface area contributed by atoms with Crippen molar-refractivity contribution < 1.29 is 4.79 Å². The molecule has 5 heteroatoms. The number of hydrogen-bond donors (Lipinski definition) is 1. The number of benzene rings is 1. The Morgan fingerprint density at radius 2 is 1.95 bits per heavy atom. The molecule has 0 saturated heterocycles. The van der Waals surface area contributed by atoms with Gasteiger partial charge in [-0.2, -0.15) is 5.10 Å². The molecule has 5 nitrogen and oxygen atoms in total. The van der Waals surface area contributed by atoms with E-state index in [0.29, 0.717) is 18.7 Å². The molecule has 2 aromatic rings. The van der Waals surface area contributed by atoms with Gasteiger partial charge in [-0.3, -0.25) is 9.59 Å². The van der Waals surface area contributed by atoms with Gasteiger partial charge in [0.25, 0.3) is 11.5 Å². The van der Waals surface area contributed by atoms with Crippen molar-refractivity contribution in [2.75, 3.05) is 6.54 Å². The van der Waals surface area contributed by atoms with Gasteiger partial charge in [-0.15, -0.1) is 0 Å². The molecule has 20 heavy (non-hydrogen) atoms. The maximum absolute atomic E-state index is 12.0. The Morgan fingerprint density at radius 1 is 1.20 bits per heavy atom. The molecule has 0 atom stereocenters. The lowest BCUT2D eigenvalue weighted by molar-refractivity contribution is 0.0951.